The molecule has 62 heavy (non-hydrogen) atoms. The number of benzene rings is 7. The predicted molar refractivity (Wildman–Crippen MR) is 265 cm³/mol. The molecule has 0 fully saturated rings. The van der Waals surface area contributed by atoms with Crippen LogP contribution in [0, 0.1) is 0 Å². The SMILES string of the molecule is CN(c1ccccc1Nc1cccc(Oc2cc3c4c5c(cccc5p(C(C)(C)C)c4c2)n3-c2cc(C(C)(C)C)ccn2)c1)c1c(-c2ccccc2)cccc1-c1ccccc1. The molecule has 3 aromatic heterocycles. The highest BCUT2D eigenvalue weighted by Gasteiger charge is 2.29. The third-order valence-corrected chi connectivity index (χ3v) is 15.0. The van der Waals surface area contributed by atoms with Crippen LogP contribution in [0.5, 0.6) is 11.5 Å². The fourth-order valence-corrected chi connectivity index (χ4v) is 12.3. The fraction of sp³-hybridized carbons (Fsp3) is 0.161. The number of ether oxygens (including phenoxy) is 1. The number of para-hydroxylation sites is 3. The van der Waals surface area contributed by atoms with Gasteiger partial charge in [0.15, 0.2) is 0 Å². The van der Waals surface area contributed by atoms with E-state index in [1.807, 2.05) is 12.3 Å². The number of hydrogen-bond acceptors (Lipinski definition) is 4. The molecule has 0 amide bonds. The molecule has 6 heteroatoms. The smallest absolute Gasteiger partial charge is 0.137 e. The largest absolute Gasteiger partial charge is 0.457 e. The quantitative estimate of drug-likeness (QED) is 0.157. The number of nitrogens with one attached hydrogen (secondary N) is 1. The molecule has 0 aliphatic rings. The van der Waals surface area contributed by atoms with E-state index in [1.165, 1.54) is 54.3 Å². The number of rotatable bonds is 9. The summed E-state index contributed by atoms with van der Waals surface area (Å²) in [4.78, 5) is 7.29. The van der Waals surface area contributed by atoms with E-state index in [0.717, 1.165) is 45.6 Å². The van der Waals surface area contributed by atoms with E-state index < -0.39 is 7.53 Å². The number of anilines is 4. The second kappa shape index (κ2) is 15.3. The van der Waals surface area contributed by atoms with Crippen molar-refractivity contribution in [2.45, 2.75) is 52.1 Å². The van der Waals surface area contributed by atoms with Crippen molar-refractivity contribution >= 4 is 62.3 Å². The average molecular weight is 827 g/mol. The Labute approximate surface area is 365 Å². The van der Waals surface area contributed by atoms with Crippen LogP contribution in [0.15, 0.2) is 176 Å². The fourth-order valence-electron chi connectivity index (χ4n) is 9.18. The molecule has 306 valence electrons. The van der Waals surface area contributed by atoms with Gasteiger partial charge < -0.3 is 15.0 Å². The number of nitrogens with zero attached hydrogens (tertiary/aromatic N) is 3. The van der Waals surface area contributed by atoms with Gasteiger partial charge in [-0.3, -0.25) is 4.57 Å². The summed E-state index contributed by atoms with van der Waals surface area (Å²) >= 11 is 0. The van der Waals surface area contributed by atoms with Gasteiger partial charge in [-0.15, -0.1) is 7.53 Å². The van der Waals surface area contributed by atoms with Gasteiger partial charge in [0.25, 0.3) is 0 Å². The Kier molecular flexibility index (Phi) is 9.69. The molecule has 1 unspecified atom stereocenters. The molecule has 0 saturated heterocycles. The van der Waals surface area contributed by atoms with E-state index in [9.17, 15) is 0 Å². The molecule has 1 atom stereocenters. The molecule has 0 spiro atoms. The Morgan fingerprint density at radius 3 is 1.92 bits per heavy atom. The summed E-state index contributed by atoms with van der Waals surface area (Å²) in [6, 6.07) is 60.5. The molecule has 0 saturated carbocycles. The highest BCUT2D eigenvalue weighted by Crippen LogP contribution is 2.61. The number of hydrogen-bond donors (Lipinski definition) is 1. The van der Waals surface area contributed by atoms with Crippen molar-refractivity contribution in [2.75, 3.05) is 17.3 Å². The topological polar surface area (TPSA) is 42.3 Å². The third kappa shape index (κ3) is 6.97. The van der Waals surface area contributed by atoms with E-state index in [1.54, 1.807) is 0 Å². The van der Waals surface area contributed by atoms with Gasteiger partial charge in [-0.05, 0) is 70.6 Å². The maximum absolute atomic E-state index is 6.92. The van der Waals surface area contributed by atoms with E-state index in [-0.39, 0.29) is 10.6 Å². The van der Waals surface area contributed by atoms with Gasteiger partial charge >= 0.3 is 0 Å². The van der Waals surface area contributed by atoms with Crippen LogP contribution in [-0.2, 0) is 10.6 Å². The van der Waals surface area contributed by atoms with Crippen LogP contribution < -0.4 is 15.0 Å². The van der Waals surface area contributed by atoms with Crippen LogP contribution in [-0.4, -0.2) is 16.6 Å². The lowest BCUT2D eigenvalue weighted by Crippen LogP contribution is -2.14. The van der Waals surface area contributed by atoms with Gasteiger partial charge in [0.05, 0.1) is 28.1 Å². The maximum Gasteiger partial charge on any atom is 0.137 e. The highest BCUT2D eigenvalue weighted by atomic mass is 31.1. The maximum atomic E-state index is 6.92. The molecule has 5 nitrogen and oxygen atoms in total. The summed E-state index contributed by atoms with van der Waals surface area (Å²) in [5, 5.41) is 9.32. The first-order valence-corrected chi connectivity index (χ1v) is 22.8. The van der Waals surface area contributed by atoms with Crippen LogP contribution in [0.4, 0.5) is 22.7 Å². The predicted octanol–water partition coefficient (Wildman–Crippen LogP) is 16.4. The van der Waals surface area contributed by atoms with Crippen molar-refractivity contribution < 1.29 is 4.74 Å². The summed E-state index contributed by atoms with van der Waals surface area (Å²) in [6.07, 6.45) is 1.95. The molecule has 3 heterocycles. The van der Waals surface area contributed by atoms with Crippen molar-refractivity contribution in [2.24, 2.45) is 0 Å². The normalized spacial score (nSPS) is 12.4. The van der Waals surface area contributed by atoms with Gasteiger partial charge in [0.1, 0.15) is 17.3 Å². The average Bonchev–Trinajstić information content (AvgIpc) is 3.80. The lowest BCUT2D eigenvalue weighted by molar-refractivity contribution is 0.484. The highest BCUT2D eigenvalue weighted by molar-refractivity contribution is 7.62. The summed E-state index contributed by atoms with van der Waals surface area (Å²) in [5.74, 6) is 2.51. The van der Waals surface area contributed by atoms with Crippen molar-refractivity contribution in [1.82, 2.24) is 9.55 Å². The van der Waals surface area contributed by atoms with Gasteiger partial charge in [0, 0.05) is 68.4 Å². The van der Waals surface area contributed by atoms with Gasteiger partial charge in [-0.25, -0.2) is 4.98 Å². The molecule has 10 rings (SSSR count). The van der Waals surface area contributed by atoms with Gasteiger partial charge in [-0.1, -0.05) is 151 Å². The zero-order valence-corrected chi connectivity index (χ0v) is 37.3. The molecule has 1 N–H and O–H groups in total. The zero-order valence-electron chi connectivity index (χ0n) is 36.4. The van der Waals surface area contributed by atoms with Crippen molar-refractivity contribution in [3.63, 3.8) is 0 Å². The minimum Gasteiger partial charge on any atom is -0.457 e. The van der Waals surface area contributed by atoms with Crippen molar-refractivity contribution in [3.05, 3.63) is 182 Å². The first-order chi connectivity index (χ1) is 29.9. The number of pyridine rings is 1. The van der Waals surface area contributed by atoms with Crippen LogP contribution in [0.25, 0.3) is 60.1 Å². The first kappa shape index (κ1) is 39.3. The van der Waals surface area contributed by atoms with Gasteiger partial charge in [-0.2, -0.15) is 0 Å². The molecular formula is C56H51N4OP. The van der Waals surface area contributed by atoms with E-state index >= 15 is 0 Å². The Morgan fingerprint density at radius 2 is 1.23 bits per heavy atom. The number of aromatic nitrogens is 2. The molecule has 0 bridgehead atoms. The van der Waals surface area contributed by atoms with Crippen LogP contribution in [0.2, 0.25) is 0 Å². The van der Waals surface area contributed by atoms with E-state index in [2.05, 4.69) is 227 Å². The minimum atomic E-state index is -0.645. The molecule has 7 aromatic carbocycles. The van der Waals surface area contributed by atoms with Crippen molar-refractivity contribution in [3.8, 4) is 39.6 Å². The van der Waals surface area contributed by atoms with Crippen LogP contribution in [0.3, 0.4) is 0 Å². The molecule has 0 radical (unpaired) electrons. The second-order valence-corrected chi connectivity index (χ2v) is 21.2. The zero-order chi connectivity index (χ0) is 42.8. The summed E-state index contributed by atoms with van der Waals surface area (Å²) in [6.45, 7) is 13.9. The molecule has 10 aromatic rings. The molecular weight excluding hydrogens is 776 g/mol. The van der Waals surface area contributed by atoms with Crippen molar-refractivity contribution in [1.29, 1.82) is 0 Å². The standard InChI is InChI=1S/C56H51N4OP/c1-55(2,3)39-31-32-57-51(33-39)60-47-29-18-30-49-52(47)53-48(60)35-42(36-50(53)62(49)56(4,5)6)61-41-24-16-23-40(34-41)58-45-27-14-15-28-46(45)59(7)54-43(37-19-10-8-11-20-37)25-17-26-44(54)38-21-12-9-13-22-38/h8-36,58H,1-7H3. The van der Waals surface area contributed by atoms with Crippen LogP contribution >= 0.6 is 7.53 Å². The lowest BCUT2D eigenvalue weighted by atomic mass is 9.88. The minimum absolute atomic E-state index is 0.00853. The lowest BCUT2D eigenvalue weighted by Gasteiger charge is -2.28. The Morgan fingerprint density at radius 1 is 0.581 bits per heavy atom. The summed E-state index contributed by atoms with van der Waals surface area (Å²) in [5.41, 5.74) is 12.4. The Balaban J connectivity index is 1.04. The first-order valence-electron chi connectivity index (χ1n) is 21.4. The Hall–Kier alpha value is -6.81. The third-order valence-electron chi connectivity index (χ3n) is 12.0. The Bertz CT molecular complexity index is 3160. The second-order valence-electron chi connectivity index (χ2n) is 18.3. The van der Waals surface area contributed by atoms with E-state index in [4.69, 9.17) is 9.72 Å². The molecule has 0 aliphatic heterocycles. The van der Waals surface area contributed by atoms with Crippen LogP contribution in [0.1, 0.15) is 47.1 Å². The summed E-state index contributed by atoms with van der Waals surface area (Å²) < 4.78 is 9.27. The van der Waals surface area contributed by atoms with E-state index in [0.29, 0.717) is 0 Å². The monoisotopic (exact) mass is 826 g/mol. The molecule has 0 aliphatic carbocycles. The summed E-state index contributed by atoms with van der Waals surface area (Å²) in [7, 11) is 1.52. The van der Waals surface area contributed by atoms with Gasteiger partial charge in [0.2, 0.25) is 0 Å².